The molecule has 19 heavy (non-hydrogen) atoms. The predicted octanol–water partition coefficient (Wildman–Crippen LogP) is 2.85. The Morgan fingerprint density at radius 1 is 1.16 bits per heavy atom. The minimum atomic E-state index is -0.252. The molecule has 1 heterocycles. The lowest BCUT2D eigenvalue weighted by Gasteiger charge is -2.11. The fourth-order valence-corrected chi connectivity index (χ4v) is 2.40. The van der Waals surface area contributed by atoms with E-state index in [0.717, 1.165) is 5.56 Å². The van der Waals surface area contributed by atoms with Gasteiger partial charge in [-0.15, -0.1) is 11.3 Å². The Balaban J connectivity index is 1.90. The number of hydrogen-bond donors (Lipinski definition) is 1. The molecule has 0 saturated carbocycles. The maximum absolute atomic E-state index is 12.0. The van der Waals surface area contributed by atoms with Crippen LogP contribution in [0.4, 0.5) is 0 Å². The van der Waals surface area contributed by atoms with E-state index in [4.69, 9.17) is 0 Å². The lowest BCUT2D eigenvalue weighted by molar-refractivity contribution is -0.122. The predicted molar refractivity (Wildman–Crippen MR) is 76.5 cm³/mol. The van der Waals surface area contributed by atoms with Crippen molar-refractivity contribution in [3.63, 3.8) is 0 Å². The molecule has 2 rings (SSSR count). The maximum atomic E-state index is 12.0. The first-order valence-corrected chi connectivity index (χ1v) is 6.96. The number of Topliss-reactive ketones (excluding diaryl/α,β-unsaturated/α-hetero) is 1. The average molecular weight is 273 g/mol. The minimum Gasteiger partial charge on any atom is -0.348 e. The van der Waals surface area contributed by atoms with Gasteiger partial charge < -0.3 is 5.32 Å². The number of nitrogens with one attached hydrogen (secondary N) is 1. The molecule has 0 radical (unpaired) electrons. The molecule has 98 valence electrons. The molecule has 0 fully saturated rings. The summed E-state index contributed by atoms with van der Waals surface area (Å²) in [5.74, 6) is -0.433. The Labute approximate surface area is 116 Å². The van der Waals surface area contributed by atoms with Crippen molar-refractivity contribution in [2.75, 3.05) is 6.54 Å². The van der Waals surface area contributed by atoms with Gasteiger partial charge in [-0.2, -0.15) is 0 Å². The van der Waals surface area contributed by atoms with E-state index in [0.29, 0.717) is 4.88 Å². The highest BCUT2D eigenvalue weighted by molar-refractivity contribution is 7.12. The van der Waals surface area contributed by atoms with E-state index in [1.165, 1.54) is 11.3 Å². The number of amides is 1. The minimum absolute atomic E-state index is 0.0521. The fraction of sp³-hybridized carbons (Fsp3) is 0.200. The van der Waals surface area contributed by atoms with Gasteiger partial charge in [0.25, 0.3) is 0 Å². The quantitative estimate of drug-likeness (QED) is 0.851. The van der Waals surface area contributed by atoms with Crippen LogP contribution in [0.2, 0.25) is 0 Å². The first kappa shape index (κ1) is 13.5. The van der Waals surface area contributed by atoms with Crippen molar-refractivity contribution in [2.24, 2.45) is 0 Å². The van der Waals surface area contributed by atoms with Gasteiger partial charge in [0.2, 0.25) is 5.91 Å². The monoisotopic (exact) mass is 273 g/mol. The van der Waals surface area contributed by atoms with Crippen molar-refractivity contribution in [1.29, 1.82) is 0 Å². The van der Waals surface area contributed by atoms with Crippen LogP contribution in [0.25, 0.3) is 0 Å². The lowest BCUT2D eigenvalue weighted by Crippen LogP contribution is -2.32. The molecule has 0 spiro atoms. The summed E-state index contributed by atoms with van der Waals surface area (Å²) in [4.78, 5) is 24.4. The number of carbonyl (C=O) groups is 2. The third-order valence-corrected chi connectivity index (χ3v) is 3.82. The molecule has 1 atom stereocenters. The molecule has 1 unspecified atom stereocenters. The van der Waals surface area contributed by atoms with Crippen molar-refractivity contribution in [2.45, 2.75) is 12.8 Å². The van der Waals surface area contributed by atoms with Crippen molar-refractivity contribution in [1.82, 2.24) is 5.32 Å². The molecule has 4 heteroatoms. The number of carbonyl (C=O) groups excluding carboxylic acids is 2. The molecule has 2 aromatic rings. The highest BCUT2D eigenvalue weighted by atomic mass is 32.1. The normalized spacial score (nSPS) is 11.8. The molecular formula is C15H15NO2S. The zero-order chi connectivity index (χ0) is 13.7. The molecule has 0 aliphatic carbocycles. The van der Waals surface area contributed by atoms with Crippen LogP contribution in [0, 0.1) is 0 Å². The average Bonchev–Trinajstić information content (AvgIpc) is 2.98. The van der Waals surface area contributed by atoms with E-state index >= 15 is 0 Å². The Morgan fingerprint density at radius 2 is 1.89 bits per heavy atom. The third kappa shape index (κ3) is 3.51. The van der Waals surface area contributed by atoms with Crippen molar-refractivity contribution in [3.8, 4) is 0 Å². The first-order chi connectivity index (χ1) is 9.18. The molecule has 0 bridgehead atoms. The fourth-order valence-electron chi connectivity index (χ4n) is 1.74. The summed E-state index contributed by atoms with van der Waals surface area (Å²) in [5.41, 5.74) is 0.948. The van der Waals surface area contributed by atoms with E-state index in [2.05, 4.69) is 5.32 Å². The molecule has 0 aliphatic heterocycles. The molecule has 1 aromatic carbocycles. The highest BCUT2D eigenvalue weighted by Crippen LogP contribution is 2.14. The Morgan fingerprint density at radius 3 is 2.53 bits per heavy atom. The van der Waals surface area contributed by atoms with Gasteiger partial charge in [-0.3, -0.25) is 9.59 Å². The van der Waals surface area contributed by atoms with Crippen molar-refractivity contribution < 1.29 is 9.59 Å². The number of ketones is 1. The van der Waals surface area contributed by atoms with Crippen LogP contribution in [0.1, 0.15) is 28.1 Å². The van der Waals surface area contributed by atoms with Crippen LogP contribution in [0.15, 0.2) is 47.8 Å². The van der Waals surface area contributed by atoms with Gasteiger partial charge >= 0.3 is 0 Å². The summed E-state index contributed by atoms with van der Waals surface area (Å²) in [6.07, 6.45) is 0. The second kappa shape index (κ2) is 6.29. The molecule has 1 amide bonds. The first-order valence-electron chi connectivity index (χ1n) is 6.08. The zero-order valence-corrected chi connectivity index (χ0v) is 11.4. The van der Waals surface area contributed by atoms with Gasteiger partial charge in [-0.25, -0.2) is 0 Å². The highest BCUT2D eigenvalue weighted by Gasteiger charge is 2.16. The summed E-state index contributed by atoms with van der Waals surface area (Å²) in [6, 6.07) is 13.1. The molecule has 0 aliphatic rings. The van der Waals surface area contributed by atoms with Gasteiger partial charge in [0.1, 0.15) is 0 Å². The van der Waals surface area contributed by atoms with Gasteiger partial charge in [0, 0.05) is 0 Å². The summed E-state index contributed by atoms with van der Waals surface area (Å²) in [5, 5.41) is 4.54. The van der Waals surface area contributed by atoms with Crippen LogP contribution in [0.5, 0.6) is 0 Å². The van der Waals surface area contributed by atoms with Crippen LogP contribution in [0.3, 0.4) is 0 Å². The molecule has 0 saturated heterocycles. The lowest BCUT2D eigenvalue weighted by atomic mass is 10.0. The number of benzene rings is 1. The van der Waals surface area contributed by atoms with Crippen molar-refractivity contribution >= 4 is 23.0 Å². The summed E-state index contributed by atoms with van der Waals surface area (Å²) >= 11 is 1.39. The van der Waals surface area contributed by atoms with Crippen LogP contribution >= 0.6 is 11.3 Å². The second-order valence-corrected chi connectivity index (χ2v) is 5.20. The number of hydrogen-bond acceptors (Lipinski definition) is 3. The van der Waals surface area contributed by atoms with Crippen LogP contribution < -0.4 is 5.32 Å². The molecule has 1 aromatic heterocycles. The smallest absolute Gasteiger partial charge is 0.227 e. The Bertz CT molecular complexity index is 549. The van der Waals surface area contributed by atoms with Gasteiger partial charge in [-0.1, -0.05) is 36.4 Å². The number of rotatable bonds is 5. The number of thiophene rings is 1. The molecule has 1 N–H and O–H groups in total. The summed E-state index contributed by atoms with van der Waals surface area (Å²) < 4.78 is 0. The maximum Gasteiger partial charge on any atom is 0.227 e. The van der Waals surface area contributed by atoms with Crippen LogP contribution in [-0.2, 0) is 4.79 Å². The van der Waals surface area contributed by atoms with E-state index in [1.54, 1.807) is 6.07 Å². The second-order valence-electron chi connectivity index (χ2n) is 4.25. The summed E-state index contributed by atoms with van der Waals surface area (Å²) in [6.45, 7) is 1.89. The van der Waals surface area contributed by atoms with Gasteiger partial charge in [0.15, 0.2) is 5.78 Å². The largest absolute Gasteiger partial charge is 0.348 e. The molecule has 3 nitrogen and oxygen atoms in total. The standard InChI is InChI=1S/C15H15NO2S/c1-11(12-6-3-2-4-7-12)15(18)16-10-13(17)14-8-5-9-19-14/h2-9,11H,10H2,1H3,(H,16,18). The SMILES string of the molecule is CC(C(=O)NCC(=O)c1cccs1)c1ccccc1. The summed E-state index contributed by atoms with van der Waals surface area (Å²) in [7, 11) is 0. The van der Waals surface area contributed by atoms with E-state index < -0.39 is 0 Å². The Kier molecular flexibility index (Phi) is 4.47. The third-order valence-electron chi connectivity index (χ3n) is 2.91. The van der Waals surface area contributed by atoms with Crippen LogP contribution in [-0.4, -0.2) is 18.2 Å². The van der Waals surface area contributed by atoms with E-state index in [9.17, 15) is 9.59 Å². The van der Waals surface area contributed by atoms with E-state index in [-0.39, 0.29) is 24.2 Å². The van der Waals surface area contributed by atoms with E-state index in [1.807, 2.05) is 48.7 Å². The Hall–Kier alpha value is -1.94. The van der Waals surface area contributed by atoms with Gasteiger partial charge in [-0.05, 0) is 23.9 Å². The van der Waals surface area contributed by atoms with Gasteiger partial charge in [0.05, 0.1) is 17.3 Å². The zero-order valence-electron chi connectivity index (χ0n) is 10.6. The molecular weight excluding hydrogens is 258 g/mol. The topological polar surface area (TPSA) is 46.2 Å². The van der Waals surface area contributed by atoms with Crippen molar-refractivity contribution in [3.05, 3.63) is 58.3 Å².